The number of alkyl halides is 3. The van der Waals surface area contributed by atoms with Gasteiger partial charge in [0.15, 0.2) is 6.23 Å². The van der Waals surface area contributed by atoms with Crippen LogP contribution in [0.3, 0.4) is 0 Å². The van der Waals surface area contributed by atoms with Crippen LogP contribution in [0.2, 0.25) is 0 Å². The van der Waals surface area contributed by atoms with E-state index in [4.69, 9.17) is 10.6 Å². The van der Waals surface area contributed by atoms with Gasteiger partial charge in [-0.05, 0) is 17.7 Å². The van der Waals surface area contributed by atoms with Crippen molar-refractivity contribution in [2.75, 3.05) is 0 Å². The van der Waals surface area contributed by atoms with Crippen molar-refractivity contribution >= 4 is 5.71 Å². The zero-order valence-corrected chi connectivity index (χ0v) is 8.16. The largest absolute Gasteiger partial charge is 0.416 e. The molecule has 16 heavy (non-hydrogen) atoms. The molecule has 1 heterocycles. The summed E-state index contributed by atoms with van der Waals surface area (Å²) in [6.07, 6.45) is -4.41. The first kappa shape index (κ1) is 10.9. The van der Waals surface area contributed by atoms with Crippen molar-refractivity contribution in [1.29, 1.82) is 0 Å². The predicted molar refractivity (Wildman–Crippen MR) is 51.7 cm³/mol. The molecule has 1 aromatic rings. The van der Waals surface area contributed by atoms with E-state index < -0.39 is 18.0 Å². The van der Waals surface area contributed by atoms with Crippen LogP contribution in [0, 0.1) is 0 Å². The van der Waals surface area contributed by atoms with Crippen LogP contribution >= 0.6 is 0 Å². The summed E-state index contributed by atoms with van der Waals surface area (Å²) in [6.45, 7) is 0. The molecular formula is C10H9F3N2O. The molecule has 0 fully saturated rings. The molecule has 1 aromatic carbocycles. The number of hydrogen-bond donors (Lipinski definition) is 1. The number of rotatable bonds is 1. The molecule has 1 aliphatic heterocycles. The zero-order chi connectivity index (χ0) is 11.8. The van der Waals surface area contributed by atoms with E-state index in [9.17, 15) is 13.2 Å². The number of hydrogen-bond acceptors (Lipinski definition) is 3. The van der Waals surface area contributed by atoms with Gasteiger partial charge >= 0.3 is 6.18 Å². The maximum absolute atomic E-state index is 12.3. The summed E-state index contributed by atoms with van der Waals surface area (Å²) in [5.74, 6) is 0. The first-order valence-corrected chi connectivity index (χ1v) is 4.63. The fourth-order valence-corrected chi connectivity index (χ4v) is 1.42. The average Bonchev–Trinajstić information content (AvgIpc) is 2.64. The van der Waals surface area contributed by atoms with Gasteiger partial charge in [-0.3, -0.25) is 5.73 Å². The Morgan fingerprint density at radius 3 is 2.31 bits per heavy atom. The minimum absolute atomic E-state index is 0.408. The van der Waals surface area contributed by atoms with Gasteiger partial charge in [-0.25, -0.2) is 0 Å². The van der Waals surface area contributed by atoms with Crippen molar-refractivity contribution < 1.29 is 18.0 Å². The average molecular weight is 230 g/mol. The Kier molecular flexibility index (Phi) is 2.59. The molecular weight excluding hydrogens is 221 g/mol. The summed E-state index contributed by atoms with van der Waals surface area (Å²) in [6, 6.07) is 4.76. The fourth-order valence-electron chi connectivity index (χ4n) is 1.42. The Hall–Kier alpha value is -1.56. The van der Waals surface area contributed by atoms with Crippen molar-refractivity contribution in [2.24, 2.45) is 10.9 Å². The van der Waals surface area contributed by atoms with Crippen molar-refractivity contribution in [3.8, 4) is 0 Å². The Morgan fingerprint density at radius 2 is 1.88 bits per heavy atom. The molecule has 0 bridgehead atoms. The van der Waals surface area contributed by atoms with Gasteiger partial charge in [0, 0.05) is 6.42 Å². The minimum atomic E-state index is -4.32. The van der Waals surface area contributed by atoms with Crippen LogP contribution in [-0.2, 0) is 11.0 Å². The molecule has 0 aliphatic carbocycles. The SMILES string of the molecule is NC1CC(c2ccc(C(F)(F)F)cc2)=NO1. The molecule has 0 saturated carbocycles. The molecule has 2 N–H and O–H groups in total. The van der Waals surface area contributed by atoms with E-state index in [0.29, 0.717) is 17.7 Å². The molecule has 2 rings (SSSR count). The second-order valence-corrected chi connectivity index (χ2v) is 3.46. The fraction of sp³-hybridized carbons (Fsp3) is 0.300. The van der Waals surface area contributed by atoms with Crippen LogP contribution in [0.25, 0.3) is 0 Å². The van der Waals surface area contributed by atoms with Gasteiger partial charge in [0.05, 0.1) is 11.3 Å². The van der Waals surface area contributed by atoms with Gasteiger partial charge in [0.2, 0.25) is 0 Å². The molecule has 0 aromatic heterocycles. The van der Waals surface area contributed by atoms with E-state index in [1.165, 1.54) is 12.1 Å². The number of benzene rings is 1. The van der Waals surface area contributed by atoms with Crippen LogP contribution in [0.4, 0.5) is 13.2 Å². The first-order valence-electron chi connectivity index (χ1n) is 4.63. The summed E-state index contributed by atoms with van der Waals surface area (Å²) < 4.78 is 36.9. The lowest BCUT2D eigenvalue weighted by Crippen LogP contribution is -2.19. The summed E-state index contributed by atoms with van der Waals surface area (Å²) in [5.41, 5.74) is 5.93. The van der Waals surface area contributed by atoms with Gasteiger partial charge in [-0.1, -0.05) is 17.3 Å². The Balaban J connectivity index is 2.20. The Morgan fingerprint density at radius 1 is 1.25 bits per heavy atom. The maximum atomic E-state index is 12.3. The quantitative estimate of drug-likeness (QED) is 0.803. The van der Waals surface area contributed by atoms with Crippen molar-refractivity contribution in [2.45, 2.75) is 18.8 Å². The lowest BCUT2D eigenvalue weighted by Gasteiger charge is -2.06. The molecule has 0 radical (unpaired) electrons. The molecule has 0 saturated heterocycles. The normalized spacial score (nSPS) is 20.5. The standard InChI is InChI=1S/C10H9F3N2O/c11-10(12,13)7-3-1-6(2-4-7)8-5-9(14)16-15-8/h1-4,9H,5,14H2. The maximum Gasteiger partial charge on any atom is 0.416 e. The van der Waals surface area contributed by atoms with E-state index in [-0.39, 0.29) is 0 Å². The predicted octanol–water partition coefficient (Wildman–Crippen LogP) is 2.11. The highest BCUT2D eigenvalue weighted by molar-refractivity contribution is 6.01. The van der Waals surface area contributed by atoms with Crippen molar-refractivity contribution in [1.82, 2.24) is 0 Å². The van der Waals surface area contributed by atoms with Crippen LogP contribution in [-0.4, -0.2) is 11.9 Å². The molecule has 86 valence electrons. The molecule has 0 spiro atoms. The second-order valence-electron chi connectivity index (χ2n) is 3.46. The van der Waals surface area contributed by atoms with Gasteiger partial charge in [0.1, 0.15) is 0 Å². The minimum Gasteiger partial charge on any atom is -0.376 e. The lowest BCUT2D eigenvalue weighted by atomic mass is 10.1. The highest BCUT2D eigenvalue weighted by Gasteiger charge is 2.30. The van der Waals surface area contributed by atoms with Gasteiger partial charge in [0.25, 0.3) is 0 Å². The molecule has 1 unspecified atom stereocenters. The Labute approximate surface area is 89.7 Å². The third-order valence-corrected chi connectivity index (χ3v) is 2.24. The van der Waals surface area contributed by atoms with Crippen LogP contribution in [0.5, 0.6) is 0 Å². The van der Waals surface area contributed by atoms with E-state index in [1.807, 2.05) is 0 Å². The van der Waals surface area contributed by atoms with Crippen LogP contribution in [0.1, 0.15) is 17.5 Å². The summed E-state index contributed by atoms with van der Waals surface area (Å²) in [7, 11) is 0. The number of halogens is 3. The van der Waals surface area contributed by atoms with E-state index in [1.54, 1.807) is 0 Å². The summed E-state index contributed by atoms with van der Waals surface area (Å²) in [4.78, 5) is 4.76. The van der Waals surface area contributed by atoms with Crippen LogP contribution in [0.15, 0.2) is 29.4 Å². The summed E-state index contributed by atoms with van der Waals surface area (Å²) >= 11 is 0. The topological polar surface area (TPSA) is 47.6 Å². The van der Waals surface area contributed by atoms with Gasteiger partial charge in [-0.2, -0.15) is 13.2 Å². The van der Waals surface area contributed by atoms with Crippen molar-refractivity contribution in [3.63, 3.8) is 0 Å². The van der Waals surface area contributed by atoms with E-state index in [0.717, 1.165) is 12.1 Å². The smallest absolute Gasteiger partial charge is 0.376 e. The molecule has 6 heteroatoms. The molecule has 1 aliphatic rings. The molecule has 3 nitrogen and oxygen atoms in total. The number of oxime groups is 1. The highest BCUT2D eigenvalue weighted by atomic mass is 19.4. The number of nitrogens with zero attached hydrogens (tertiary/aromatic N) is 1. The third kappa shape index (κ3) is 2.16. The van der Waals surface area contributed by atoms with Gasteiger partial charge in [-0.15, -0.1) is 0 Å². The van der Waals surface area contributed by atoms with E-state index >= 15 is 0 Å². The lowest BCUT2D eigenvalue weighted by molar-refractivity contribution is -0.137. The Bertz CT molecular complexity index is 411. The number of nitrogens with two attached hydrogens (primary N) is 1. The van der Waals surface area contributed by atoms with Crippen molar-refractivity contribution in [3.05, 3.63) is 35.4 Å². The van der Waals surface area contributed by atoms with E-state index in [2.05, 4.69) is 5.16 Å². The van der Waals surface area contributed by atoms with Gasteiger partial charge < -0.3 is 4.84 Å². The third-order valence-electron chi connectivity index (χ3n) is 2.24. The molecule has 0 amide bonds. The zero-order valence-electron chi connectivity index (χ0n) is 8.16. The van der Waals surface area contributed by atoms with Crippen LogP contribution < -0.4 is 5.73 Å². The highest BCUT2D eigenvalue weighted by Crippen LogP contribution is 2.29. The molecule has 1 atom stereocenters. The summed E-state index contributed by atoms with van der Waals surface area (Å²) in [5, 5.41) is 3.69. The first-order chi connectivity index (χ1) is 7.47. The monoisotopic (exact) mass is 230 g/mol. The second kappa shape index (κ2) is 3.79.